The minimum absolute atomic E-state index is 0.0722. The third-order valence-corrected chi connectivity index (χ3v) is 6.87. The highest BCUT2D eigenvalue weighted by Crippen LogP contribution is 2.48. The molecule has 3 aromatic rings. The van der Waals surface area contributed by atoms with Gasteiger partial charge in [0, 0.05) is 29.5 Å². The van der Waals surface area contributed by atoms with Crippen LogP contribution in [0, 0.1) is 12.8 Å². The summed E-state index contributed by atoms with van der Waals surface area (Å²) in [6.45, 7) is 4.36. The summed E-state index contributed by atoms with van der Waals surface area (Å²) < 4.78 is 0. The Bertz CT molecular complexity index is 1030. The minimum Gasteiger partial charge on any atom is -0.508 e. The van der Waals surface area contributed by atoms with Gasteiger partial charge in [0.05, 0.1) is 5.52 Å². The van der Waals surface area contributed by atoms with E-state index in [4.69, 9.17) is 4.98 Å². The average Bonchev–Trinajstić information content (AvgIpc) is 2.65. The van der Waals surface area contributed by atoms with E-state index in [1.807, 2.05) is 12.1 Å². The van der Waals surface area contributed by atoms with Gasteiger partial charge in [-0.05, 0) is 80.2 Å². The van der Waals surface area contributed by atoms with Crippen LogP contribution in [0.25, 0.3) is 10.9 Å². The number of fused-ring (bicyclic) bond motifs is 3. The summed E-state index contributed by atoms with van der Waals surface area (Å²) in [5.74, 6) is 0.918. The molecule has 2 atom stereocenters. The van der Waals surface area contributed by atoms with Crippen LogP contribution in [0.4, 0.5) is 0 Å². The lowest BCUT2D eigenvalue weighted by molar-refractivity contribution is 0.0987. The Kier molecular flexibility index (Phi) is 3.76. The maximum atomic E-state index is 10.1. The lowest BCUT2D eigenvalue weighted by Crippen LogP contribution is -2.53. The fourth-order valence-corrected chi connectivity index (χ4v) is 5.35. The molecule has 1 fully saturated rings. The van der Waals surface area contributed by atoms with Gasteiger partial charge >= 0.3 is 0 Å². The van der Waals surface area contributed by atoms with E-state index in [2.05, 4.69) is 49.2 Å². The highest BCUT2D eigenvalue weighted by atomic mass is 16.3. The van der Waals surface area contributed by atoms with Crippen LogP contribution >= 0.6 is 0 Å². The molecule has 0 bridgehead atoms. The van der Waals surface area contributed by atoms with Gasteiger partial charge in [-0.15, -0.1) is 0 Å². The van der Waals surface area contributed by atoms with Crippen molar-refractivity contribution in [3.63, 3.8) is 0 Å². The first-order chi connectivity index (χ1) is 13.0. The molecule has 2 aliphatic rings. The number of phenolic OH excluding ortho intramolecular Hbond substituents is 1. The maximum absolute atomic E-state index is 10.1. The first kappa shape index (κ1) is 16.8. The number of hydrogen-bond acceptors (Lipinski definition) is 3. The van der Waals surface area contributed by atoms with Crippen LogP contribution in [0.15, 0.2) is 48.5 Å². The van der Waals surface area contributed by atoms with Crippen LogP contribution in [0.3, 0.4) is 0 Å². The van der Waals surface area contributed by atoms with Crippen LogP contribution in [0.2, 0.25) is 0 Å². The Hall–Kier alpha value is -2.39. The molecule has 2 heterocycles. The van der Waals surface area contributed by atoms with Crippen LogP contribution in [0.1, 0.15) is 28.8 Å². The number of nitrogens with zero attached hydrogens (tertiary/aromatic N) is 2. The first-order valence-corrected chi connectivity index (χ1v) is 9.91. The van der Waals surface area contributed by atoms with E-state index in [9.17, 15) is 5.11 Å². The molecule has 0 unspecified atom stereocenters. The SMILES string of the molecule is Cc1cccc2nc3c(cc12)C[C@H]1CN(C)CC[C@@]1(c1cccc(O)c1)C3. The predicted octanol–water partition coefficient (Wildman–Crippen LogP) is 4.24. The van der Waals surface area contributed by atoms with Gasteiger partial charge in [-0.3, -0.25) is 4.98 Å². The molecular weight excluding hydrogens is 332 g/mol. The van der Waals surface area contributed by atoms with E-state index >= 15 is 0 Å². The topological polar surface area (TPSA) is 36.4 Å². The largest absolute Gasteiger partial charge is 0.508 e. The van der Waals surface area contributed by atoms with Crippen molar-refractivity contribution in [2.45, 2.75) is 31.6 Å². The molecule has 3 nitrogen and oxygen atoms in total. The van der Waals surface area contributed by atoms with Gasteiger partial charge in [0.25, 0.3) is 0 Å². The van der Waals surface area contributed by atoms with Gasteiger partial charge in [-0.2, -0.15) is 0 Å². The van der Waals surface area contributed by atoms with Gasteiger partial charge in [-0.1, -0.05) is 24.3 Å². The monoisotopic (exact) mass is 358 g/mol. The highest BCUT2D eigenvalue weighted by Gasteiger charge is 2.47. The Morgan fingerprint density at radius 2 is 2.00 bits per heavy atom. The summed E-state index contributed by atoms with van der Waals surface area (Å²) in [4.78, 5) is 7.56. The molecule has 0 spiro atoms. The Balaban J connectivity index is 1.67. The molecule has 1 saturated heterocycles. The zero-order valence-electron chi connectivity index (χ0n) is 16.1. The number of likely N-dealkylation sites (tertiary alicyclic amines) is 1. The van der Waals surface area contributed by atoms with E-state index in [1.54, 1.807) is 6.07 Å². The van der Waals surface area contributed by atoms with E-state index < -0.39 is 0 Å². The second-order valence-corrected chi connectivity index (χ2v) is 8.53. The fraction of sp³-hybridized carbons (Fsp3) is 0.375. The zero-order chi connectivity index (χ0) is 18.6. The van der Waals surface area contributed by atoms with Crippen LogP contribution in [-0.2, 0) is 18.3 Å². The summed E-state index contributed by atoms with van der Waals surface area (Å²) in [7, 11) is 2.23. The summed E-state index contributed by atoms with van der Waals surface area (Å²) in [5.41, 5.74) is 6.41. The number of aromatic nitrogens is 1. The van der Waals surface area contributed by atoms with Crippen molar-refractivity contribution < 1.29 is 5.11 Å². The van der Waals surface area contributed by atoms with E-state index in [0.717, 1.165) is 37.9 Å². The average molecular weight is 358 g/mol. The molecule has 1 aliphatic carbocycles. The van der Waals surface area contributed by atoms with Gasteiger partial charge in [0.2, 0.25) is 0 Å². The molecule has 1 N–H and O–H groups in total. The van der Waals surface area contributed by atoms with E-state index in [1.165, 1.54) is 27.8 Å². The molecule has 1 aliphatic heterocycles. The van der Waals surface area contributed by atoms with Crippen molar-refractivity contribution in [3.8, 4) is 5.75 Å². The smallest absolute Gasteiger partial charge is 0.115 e. The molecule has 2 aromatic carbocycles. The number of benzene rings is 2. The van der Waals surface area contributed by atoms with Crippen molar-refractivity contribution in [3.05, 3.63) is 70.9 Å². The molecule has 0 amide bonds. The molecule has 0 radical (unpaired) electrons. The Morgan fingerprint density at radius 1 is 1.15 bits per heavy atom. The molecule has 138 valence electrons. The summed E-state index contributed by atoms with van der Waals surface area (Å²) in [6, 6.07) is 16.7. The molecule has 5 rings (SSSR count). The van der Waals surface area contributed by atoms with Gasteiger partial charge in [0.15, 0.2) is 0 Å². The Morgan fingerprint density at radius 3 is 2.85 bits per heavy atom. The second kappa shape index (κ2) is 6.07. The van der Waals surface area contributed by atoms with Crippen LogP contribution in [0.5, 0.6) is 5.75 Å². The maximum Gasteiger partial charge on any atom is 0.115 e. The second-order valence-electron chi connectivity index (χ2n) is 8.53. The molecular formula is C24H26N2O. The molecule has 0 saturated carbocycles. The van der Waals surface area contributed by atoms with E-state index in [0.29, 0.717) is 11.7 Å². The van der Waals surface area contributed by atoms with Crippen LogP contribution < -0.4 is 0 Å². The predicted molar refractivity (Wildman–Crippen MR) is 109 cm³/mol. The number of phenols is 1. The minimum atomic E-state index is 0.0722. The van der Waals surface area contributed by atoms with Crippen molar-refractivity contribution in [1.29, 1.82) is 0 Å². The van der Waals surface area contributed by atoms with Crippen molar-refractivity contribution in [1.82, 2.24) is 9.88 Å². The number of rotatable bonds is 1. The third-order valence-electron chi connectivity index (χ3n) is 6.87. The zero-order valence-corrected chi connectivity index (χ0v) is 16.1. The number of hydrogen-bond donors (Lipinski definition) is 1. The van der Waals surface area contributed by atoms with E-state index in [-0.39, 0.29) is 5.41 Å². The normalized spacial score (nSPS) is 25.2. The van der Waals surface area contributed by atoms with Gasteiger partial charge in [0.1, 0.15) is 5.75 Å². The summed E-state index contributed by atoms with van der Waals surface area (Å²) >= 11 is 0. The number of aromatic hydroxyl groups is 1. The van der Waals surface area contributed by atoms with Crippen molar-refractivity contribution in [2.75, 3.05) is 20.1 Å². The molecule has 1 aromatic heterocycles. The lowest BCUT2D eigenvalue weighted by atomic mass is 9.58. The Labute approximate surface area is 160 Å². The number of aryl methyl sites for hydroxylation is 1. The number of pyridine rings is 1. The summed E-state index contributed by atoms with van der Waals surface area (Å²) in [5, 5.41) is 11.4. The standard InChI is InChI=1S/C24H26N2O/c1-16-5-3-8-22-21(16)12-17-11-19-15-26(2)10-9-24(19,14-23(17)25-22)18-6-4-7-20(27)13-18/h3-8,12-13,19,27H,9-11,14-15H2,1-2H3/t19-,24-/m0/s1. The third kappa shape index (κ3) is 2.64. The fourth-order valence-electron chi connectivity index (χ4n) is 5.35. The highest BCUT2D eigenvalue weighted by molar-refractivity contribution is 5.83. The quantitative estimate of drug-likeness (QED) is 0.707. The first-order valence-electron chi connectivity index (χ1n) is 9.91. The van der Waals surface area contributed by atoms with Crippen molar-refractivity contribution >= 4 is 10.9 Å². The number of piperidine rings is 1. The van der Waals surface area contributed by atoms with Crippen LogP contribution in [-0.4, -0.2) is 35.1 Å². The van der Waals surface area contributed by atoms with Crippen molar-refractivity contribution in [2.24, 2.45) is 5.92 Å². The molecule has 3 heteroatoms. The van der Waals surface area contributed by atoms with Gasteiger partial charge < -0.3 is 10.0 Å². The molecule has 27 heavy (non-hydrogen) atoms. The summed E-state index contributed by atoms with van der Waals surface area (Å²) in [6.07, 6.45) is 3.14. The van der Waals surface area contributed by atoms with Gasteiger partial charge in [-0.25, -0.2) is 0 Å². The lowest BCUT2D eigenvalue weighted by Gasteiger charge is -2.50.